The monoisotopic (exact) mass is 433 g/mol. The molecule has 8 nitrogen and oxygen atoms in total. The summed E-state index contributed by atoms with van der Waals surface area (Å²) >= 11 is 0. The fraction of sp³-hybridized carbons (Fsp3) is 0.350. The number of nitrogens with one attached hydrogen (secondary N) is 1. The molecule has 0 saturated carbocycles. The van der Waals surface area contributed by atoms with E-state index in [4.69, 9.17) is 4.74 Å². The average Bonchev–Trinajstić information content (AvgIpc) is 3.15. The lowest BCUT2D eigenvalue weighted by Gasteiger charge is -2.14. The molecule has 10 heteroatoms. The number of nitrogens with zero attached hydrogens (tertiary/aromatic N) is 4. The zero-order chi connectivity index (χ0) is 21.7. The van der Waals surface area contributed by atoms with E-state index in [-0.39, 0.29) is 35.7 Å². The standard InChI is InChI=1S/C20H24FN5O3S/c1-14(2)16-7-4-5-8-17(16)18-11-19(29-10-6-9-21)24-20(23-18)25-30(27,28)15-12-22-26(3)13-15/h4-5,7-8,11-14H,6,9-10H2,1-3H3,(H,23,24,25). The van der Waals surface area contributed by atoms with Crippen LogP contribution in [0.5, 0.6) is 5.88 Å². The van der Waals surface area contributed by atoms with Gasteiger partial charge in [0.2, 0.25) is 11.8 Å². The maximum absolute atomic E-state index is 12.7. The molecule has 1 N–H and O–H groups in total. The molecule has 0 saturated heterocycles. The van der Waals surface area contributed by atoms with E-state index in [9.17, 15) is 12.8 Å². The van der Waals surface area contributed by atoms with Crippen molar-refractivity contribution in [1.29, 1.82) is 0 Å². The molecule has 0 spiro atoms. The third-order valence-corrected chi connectivity index (χ3v) is 5.59. The van der Waals surface area contributed by atoms with E-state index in [1.54, 1.807) is 13.1 Å². The second-order valence-corrected chi connectivity index (χ2v) is 8.69. The molecule has 2 aromatic heterocycles. The van der Waals surface area contributed by atoms with Crippen LogP contribution < -0.4 is 9.46 Å². The van der Waals surface area contributed by atoms with Crippen molar-refractivity contribution in [3.05, 3.63) is 48.3 Å². The van der Waals surface area contributed by atoms with Crippen LogP contribution in [-0.2, 0) is 17.1 Å². The molecule has 0 aliphatic carbocycles. The summed E-state index contributed by atoms with van der Waals surface area (Å²) in [6.07, 6.45) is 2.82. The molecule has 0 amide bonds. The smallest absolute Gasteiger partial charge is 0.267 e. The highest BCUT2D eigenvalue weighted by atomic mass is 32.2. The van der Waals surface area contributed by atoms with E-state index in [2.05, 4.69) is 33.6 Å². The van der Waals surface area contributed by atoms with Crippen molar-refractivity contribution in [1.82, 2.24) is 19.7 Å². The second kappa shape index (κ2) is 9.21. The Balaban J connectivity index is 2.03. The first-order chi connectivity index (χ1) is 14.3. The van der Waals surface area contributed by atoms with Crippen molar-refractivity contribution in [3.8, 4) is 17.1 Å². The number of anilines is 1. The van der Waals surface area contributed by atoms with E-state index in [1.165, 1.54) is 17.1 Å². The predicted molar refractivity (Wildman–Crippen MR) is 112 cm³/mol. The van der Waals surface area contributed by atoms with Gasteiger partial charge in [0.1, 0.15) is 4.90 Å². The molecule has 0 atom stereocenters. The lowest BCUT2D eigenvalue weighted by Crippen LogP contribution is -2.15. The van der Waals surface area contributed by atoms with Crippen LogP contribution in [0.25, 0.3) is 11.3 Å². The lowest BCUT2D eigenvalue weighted by atomic mass is 9.95. The molecule has 0 fully saturated rings. The maximum atomic E-state index is 12.7. The van der Waals surface area contributed by atoms with E-state index >= 15 is 0 Å². The van der Waals surface area contributed by atoms with E-state index in [0.29, 0.717) is 5.69 Å². The fourth-order valence-corrected chi connectivity index (χ4v) is 3.79. The van der Waals surface area contributed by atoms with Crippen molar-refractivity contribution < 1.29 is 17.5 Å². The Bertz CT molecular complexity index is 1120. The lowest BCUT2D eigenvalue weighted by molar-refractivity contribution is 0.280. The van der Waals surface area contributed by atoms with Crippen molar-refractivity contribution >= 4 is 16.0 Å². The normalized spacial score (nSPS) is 11.6. The minimum Gasteiger partial charge on any atom is -0.477 e. The highest BCUT2D eigenvalue weighted by Crippen LogP contribution is 2.30. The summed E-state index contributed by atoms with van der Waals surface area (Å²) in [6, 6.07) is 9.34. The van der Waals surface area contributed by atoms with Crippen molar-refractivity contribution in [2.45, 2.75) is 31.1 Å². The van der Waals surface area contributed by atoms with Crippen LogP contribution in [0.2, 0.25) is 0 Å². The average molecular weight is 434 g/mol. The summed E-state index contributed by atoms with van der Waals surface area (Å²) in [6.45, 7) is 3.72. The maximum Gasteiger partial charge on any atom is 0.267 e. The summed E-state index contributed by atoms with van der Waals surface area (Å²) in [5.74, 6) is 0.253. The topological polar surface area (TPSA) is 99.0 Å². The Hall–Kier alpha value is -3.01. The Kier molecular flexibility index (Phi) is 6.66. The molecule has 2 heterocycles. The zero-order valence-corrected chi connectivity index (χ0v) is 17.9. The number of rotatable bonds is 9. The largest absolute Gasteiger partial charge is 0.477 e. The third-order valence-electron chi connectivity index (χ3n) is 4.31. The van der Waals surface area contributed by atoms with Gasteiger partial charge in [-0.2, -0.15) is 10.1 Å². The number of hydrogen-bond acceptors (Lipinski definition) is 6. The highest BCUT2D eigenvalue weighted by molar-refractivity contribution is 7.92. The molecular formula is C20H24FN5O3S. The predicted octanol–water partition coefficient (Wildman–Crippen LogP) is 3.54. The first-order valence-corrected chi connectivity index (χ1v) is 11.0. The number of ether oxygens (including phenoxy) is 1. The van der Waals surface area contributed by atoms with Gasteiger partial charge < -0.3 is 4.74 Å². The van der Waals surface area contributed by atoms with Crippen LogP contribution >= 0.6 is 0 Å². The number of aryl methyl sites for hydroxylation is 1. The zero-order valence-electron chi connectivity index (χ0n) is 17.0. The SMILES string of the molecule is CC(C)c1ccccc1-c1cc(OCCCF)nc(NS(=O)(=O)c2cnn(C)c2)n1. The van der Waals surface area contributed by atoms with Gasteiger partial charge in [-0.1, -0.05) is 38.1 Å². The molecule has 1 aromatic carbocycles. The van der Waals surface area contributed by atoms with Crippen molar-refractivity contribution in [2.24, 2.45) is 7.05 Å². The molecule has 0 aliphatic rings. The third kappa shape index (κ3) is 5.12. The molecule has 0 aliphatic heterocycles. The van der Waals surface area contributed by atoms with Gasteiger partial charge in [-0.25, -0.2) is 18.1 Å². The van der Waals surface area contributed by atoms with E-state index in [1.807, 2.05) is 24.3 Å². The number of benzene rings is 1. The van der Waals surface area contributed by atoms with E-state index < -0.39 is 16.7 Å². The van der Waals surface area contributed by atoms with E-state index in [0.717, 1.165) is 11.1 Å². The first-order valence-electron chi connectivity index (χ1n) is 9.49. The number of sulfonamides is 1. The van der Waals surface area contributed by atoms with Gasteiger partial charge in [0.15, 0.2) is 0 Å². The second-order valence-electron chi connectivity index (χ2n) is 7.00. The molecule has 0 radical (unpaired) electrons. The van der Waals surface area contributed by atoms with Gasteiger partial charge in [-0.3, -0.25) is 9.07 Å². The quantitative estimate of drug-likeness (QED) is 0.518. The Morgan fingerprint density at radius 1 is 1.23 bits per heavy atom. The van der Waals surface area contributed by atoms with Crippen LogP contribution in [0, 0.1) is 0 Å². The molecule has 0 unspecified atom stereocenters. The van der Waals surface area contributed by atoms with Gasteiger partial charge in [-0.05, 0) is 11.5 Å². The molecule has 0 bridgehead atoms. The van der Waals surface area contributed by atoms with Gasteiger partial charge in [0.05, 0.1) is 25.2 Å². The van der Waals surface area contributed by atoms with Crippen LogP contribution in [0.1, 0.15) is 31.7 Å². The Morgan fingerprint density at radius 3 is 2.67 bits per heavy atom. The van der Waals surface area contributed by atoms with Gasteiger partial charge in [-0.15, -0.1) is 0 Å². The van der Waals surface area contributed by atoms with Crippen LogP contribution in [0.4, 0.5) is 10.3 Å². The van der Waals surface area contributed by atoms with Gasteiger partial charge in [0, 0.05) is 31.3 Å². The molecule has 3 rings (SSSR count). The summed E-state index contributed by atoms with van der Waals surface area (Å²) in [5.41, 5.74) is 2.40. The molecule has 160 valence electrons. The highest BCUT2D eigenvalue weighted by Gasteiger charge is 2.20. The van der Waals surface area contributed by atoms with Crippen molar-refractivity contribution in [2.75, 3.05) is 18.0 Å². The minimum atomic E-state index is -3.93. The summed E-state index contributed by atoms with van der Waals surface area (Å²) in [7, 11) is -2.31. The minimum absolute atomic E-state index is 0.0125. The van der Waals surface area contributed by atoms with Crippen LogP contribution in [-0.4, -0.2) is 41.4 Å². The summed E-state index contributed by atoms with van der Waals surface area (Å²) in [4.78, 5) is 8.55. The molecule has 3 aromatic rings. The first kappa shape index (κ1) is 21.7. The molecular weight excluding hydrogens is 409 g/mol. The van der Waals surface area contributed by atoms with Gasteiger partial charge >= 0.3 is 0 Å². The Labute approximate surface area is 175 Å². The van der Waals surface area contributed by atoms with Gasteiger partial charge in [0.25, 0.3) is 10.0 Å². The fourth-order valence-electron chi connectivity index (χ4n) is 2.86. The van der Waals surface area contributed by atoms with Crippen molar-refractivity contribution in [3.63, 3.8) is 0 Å². The number of alkyl halides is 1. The number of halogens is 1. The number of hydrogen-bond donors (Lipinski definition) is 1. The van der Waals surface area contributed by atoms with Crippen LogP contribution in [0.3, 0.4) is 0 Å². The Morgan fingerprint density at radius 2 is 2.00 bits per heavy atom. The summed E-state index contributed by atoms with van der Waals surface area (Å²) in [5, 5.41) is 3.88. The number of aromatic nitrogens is 4. The van der Waals surface area contributed by atoms with Crippen LogP contribution in [0.15, 0.2) is 47.6 Å². The molecule has 30 heavy (non-hydrogen) atoms. The summed E-state index contributed by atoms with van der Waals surface area (Å²) < 4.78 is 47.1.